The molecule has 0 saturated heterocycles. The average molecular weight is 295 g/mol. The summed E-state index contributed by atoms with van der Waals surface area (Å²) in [6, 6.07) is 7.34. The molecule has 0 spiro atoms. The lowest BCUT2D eigenvalue weighted by Gasteiger charge is -2.04. The van der Waals surface area contributed by atoms with Gasteiger partial charge in [0.25, 0.3) is 5.91 Å². The fourth-order valence-electron chi connectivity index (χ4n) is 1.33. The fraction of sp³-hybridized carbons (Fsp3) is 0.357. The number of carbonyl (C=O) groups is 1. The van der Waals surface area contributed by atoms with E-state index in [9.17, 15) is 4.79 Å². The van der Waals surface area contributed by atoms with Gasteiger partial charge in [-0.1, -0.05) is 27.5 Å². The molecule has 0 aliphatic heterocycles. The molecule has 0 aromatic heterocycles. The van der Waals surface area contributed by atoms with Crippen LogP contribution in [0.4, 0.5) is 0 Å². The second-order valence-electron chi connectivity index (χ2n) is 3.71. The van der Waals surface area contributed by atoms with Gasteiger partial charge in [-0.25, -0.2) is 0 Å². The topological polar surface area (TPSA) is 56.7 Å². The van der Waals surface area contributed by atoms with Crippen molar-refractivity contribution < 1.29 is 10.5 Å². The summed E-state index contributed by atoms with van der Waals surface area (Å²) < 4.78 is 0. The molecule has 1 amide bonds. The van der Waals surface area contributed by atoms with Gasteiger partial charge in [0.15, 0.2) is 0 Å². The van der Waals surface area contributed by atoms with Gasteiger partial charge in [-0.05, 0) is 31.2 Å². The second kappa shape index (κ2) is 9.79. The van der Waals surface area contributed by atoms with Gasteiger partial charge in [-0.3, -0.25) is 4.79 Å². The van der Waals surface area contributed by atoms with Crippen LogP contribution in [-0.2, 0) is 0 Å². The van der Waals surface area contributed by atoms with E-state index in [1.807, 2.05) is 12.1 Å². The number of carbonyl (C=O) groups excluding carboxylic acids is 1. The summed E-state index contributed by atoms with van der Waals surface area (Å²) in [6.45, 7) is 3.42. The summed E-state index contributed by atoms with van der Waals surface area (Å²) in [5, 5.41) is 2.90. The Balaban J connectivity index is 2.30. The molecule has 5 heteroatoms. The Morgan fingerprint density at radius 1 is 1.26 bits per heavy atom. The molecular weight excluding hydrogens is 276 g/mol. The molecule has 19 heavy (non-hydrogen) atoms. The Labute approximate surface area is 122 Å². The first-order valence-electron chi connectivity index (χ1n) is 6.12. The fourth-order valence-corrected chi connectivity index (χ4v) is 3.18. The Hall–Kier alpha value is -1.09. The Morgan fingerprint density at radius 2 is 1.95 bits per heavy atom. The minimum Gasteiger partial charge on any atom is -0.357 e. The van der Waals surface area contributed by atoms with Crippen LogP contribution in [0, 0.1) is 11.8 Å². The van der Waals surface area contributed by atoms with Crippen LogP contribution in [0.5, 0.6) is 0 Å². The molecule has 0 aliphatic carbocycles. The SMILES string of the molecule is CC#Cc1ccc(C(=O)NCCSSCC[NH3+])cc1. The van der Waals surface area contributed by atoms with Crippen LogP contribution >= 0.6 is 21.6 Å². The van der Waals surface area contributed by atoms with Gasteiger partial charge in [-0.15, -0.1) is 5.92 Å². The maximum atomic E-state index is 11.8. The first-order chi connectivity index (χ1) is 9.27. The normalized spacial score (nSPS) is 9.58. The van der Waals surface area contributed by atoms with Crippen molar-refractivity contribution in [2.75, 3.05) is 24.6 Å². The van der Waals surface area contributed by atoms with E-state index in [1.165, 1.54) is 0 Å². The minimum absolute atomic E-state index is 0.0289. The molecule has 0 aliphatic rings. The lowest BCUT2D eigenvalue weighted by molar-refractivity contribution is -0.360. The number of amides is 1. The first-order valence-corrected chi connectivity index (χ1v) is 8.61. The summed E-state index contributed by atoms with van der Waals surface area (Å²) in [7, 11) is 3.56. The van der Waals surface area contributed by atoms with Crippen molar-refractivity contribution in [1.29, 1.82) is 0 Å². The van der Waals surface area contributed by atoms with Crippen molar-refractivity contribution in [1.82, 2.24) is 5.32 Å². The number of hydrogen-bond acceptors (Lipinski definition) is 3. The molecule has 0 saturated carbocycles. The van der Waals surface area contributed by atoms with Crippen molar-refractivity contribution in [3.63, 3.8) is 0 Å². The predicted octanol–water partition coefficient (Wildman–Crippen LogP) is 1.41. The molecule has 1 rings (SSSR count). The number of hydrogen-bond donors (Lipinski definition) is 2. The van der Waals surface area contributed by atoms with Gasteiger partial charge < -0.3 is 11.1 Å². The van der Waals surface area contributed by atoms with Crippen molar-refractivity contribution in [2.24, 2.45) is 0 Å². The van der Waals surface area contributed by atoms with Gasteiger partial charge in [0.2, 0.25) is 0 Å². The standard InChI is InChI=1S/C14H18N2OS2/c1-2-3-12-4-6-13(7-5-12)14(17)16-9-11-19-18-10-8-15/h4-7H,8-11,15H2,1H3,(H,16,17)/p+1. The van der Waals surface area contributed by atoms with Gasteiger partial charge in [-0.2, -0.15) is 0 Å². The monoisotopic (exact) mass is 295 g/mol. The van der Waals surface area contributed by atoms with E-state index in [0.29, 0.717) is 12.1 Å². The van der Waals surface area contributed by atoms with E-state index in [-0.39, 0.29) is 5.91 Å². The maximum absolute atomic E-state index is 11.8. The largest absolute Gasteiger partial charge is 0.357 e. The molecule has 4 N–H and O–H groups in total. The molecule has 0 fully saturated rings. The van der Waals surface area contributed by atoms with E-state index < -0.39 is 0 Å². The van der Waals surface area contributed by atoms with Crippen LogP contribution in [-0.4, -0.2) is 30.5 Å². The summed E-state index contributed by atoms with van der Waals surface area (Å²) in [4.78, 5) is 11.8. The molecule has 0 atom stereocenters. The molecule has 3 nitrogen and oxygen atoms in total. The summed E-state index contributed by atoms with van der Waals surface area (Å²) in [6.07, 6.45) is 0. The Kier molecular flexibility index (Phi) is 8.23. The van der Waals surface area contributed by atoms with Crippen LogP contribution in [0.2, 0.25) is 0 Å². The zero-order chi connectivity index (χ0) is 13.9. The predicted molar refractivity (Wildman–Crippen MR) is 84.0 cm³/mol. The molecule has 1 aromatic carbocycles. The Bertz CT molecular complexity index is 449. The zero-order valence-electron chi connectivity index (χ0n) is 11.1. The lowest BCUT2D eigenvalue weighted by Crippen LogP contribution is -2.51. The third-order valence-electron chi connectivity index (χ3n) is 2.20. The van der Waals surface area contributed by atoms with Crippen molar-refractivity contribution in [3.05, 3.63) is 35.4 Å². The number of rotatable bonds is 7. The molecule has 0 heterocycles. The highest BCUT2D eigenvalue weighted by Crippen LogP contribution is 2.18. The summed E-state index contributed by atoms with van der Waals surface area (Å²) in [5.41, 5.74) is 5.39. The van der Waals surface area contributed by atoms with Crippen molar-refractivity contribution in [3.8, 4) is 11.8 Å². The van der Waals surface area contributed by atoms with Crippen molar-refractivity contribution in [2.45, 2.75) is 6.92 Å². The molecular formula is C14H19N2OS2+. The zero-order valence-corrected chi connectivity index (χ0v) is 12.7. The molecule has 1 aromatic rings. The quantitative estimate of drug-likeness (QED) is 0.454. The maximum Gasteiger partial charge on any atom is 0.251 e. The van der Waals surface area contributed by atoms with Crippen LogP contribution in [0.25, 0.3) is 0 Å². The third-order valence-corrected chi connectivity index (χ3v) is 4.69. The minimum atomic E-state index is -0.0289. The van der Waals surface area contributed by atoms with E-state index in [0.717, 1.165) is 23.6 Å². The summed E-state index contributed by atoms with van der Waals surface area (Å²) >= 11 is 0. The highest BCUT2D eigenvalue weighted by atomic mass is 33.1. The van der Waals surface area contributed by atoms with Gasteiger partial charge in [0, 0.05) is 23.4 Å². The van der Waals surface area contributed by atoms with E-state index >= 15 is 0 Å². The first kappa shape index (κ1) is 16.0. The highest BCUT2D eigenvalue weighted by molar-refractivity contribution is 8.76. The smallest absolute Gasteiger partial charge is 0.251 e. The van der Waals surface area contributed by atoms with Crippen LogP contribution in [0.1, 0.15) is 22.8 Å². The molecule has 102 valence electrons. The lowest BCUT2D eigenvalue weighted by atomic mass is 10.1. The molecule has 0 radical (unpaired) electrons. The number of benzene rings is 1. The number of nitrogens with one attached hydrogen (secondary N) is 1. The second-order valence-corrected chi connectivity index (χ2v) is 6.41. The van der Waals surface area contributed by atoms with E-state index in [4.69, 9.17) is 0 Å². The van der Waals surface area contributed by atoms with Gasteiger partial charge in [0.1, 0.15) is 0 Å². The third kappa shape index (κ3) is 6.58. The van der Waals surface area contributed by atoms with Crippen LogP contribution in [0.3, 0.4) is 0 Å². The average Bonchev–Trinajstić information content (AvgIpc) is 2.43. The Morgan fingerprint density at radius 3 is 2.58 bits per heavy atom. The van der Waals surface area contributed by atoms with Gasteiger partial charge in [0.05, 0.1) is 12.3 Å². The highest BCUT2D eigenvalue weighted by Gasteiger charge is 2.03. The van der Waals surface area contributed by atoms with Crippen LogP contribution < -0.4 is 11.1 Å². The number of quaternary nitrogens is 1. The van der Waals surface area contributed by atoms with Crippen molar-refractivity contribution >= 4 is 27.5 Å². The molecule has 0 unspecified atom stereocenters. The van der Waals surface area contributed by atoms with E-state index in [1.54, 1.807) is 40.6 Å². The van der Waals surface area contributed by atoms with Crippen LogP contribution in [0.15, 0.2) is 24.3 Å². The van der Waals surface area contributed by atoms with E-state index in [2.05, 4.69) is 22.9 Å². The summed E-state index contributed by atoms with van der Waals surface area (Å²) in [5.74, 6) is 7.72. The molecule has 0 bridgehead atoms. The van der Waals surface area contributed by atoms with Gasteiger partial charge >= 0.3 is 0 Å².